The van der Waals surface area contributed by atoms with Gasteiger partial charge in [0.15, 0.2) is 6.61 Å². The van der Waals surface area contributed by atoms with Crippen LogP contribution in [0.2, 0.25) is 0 Å². The number of halogens is 2. The molecule has 3 rings (SSSR count). The van der Waals surface area contributed by atoms with E-state index in [1.807, 2.05) is 0 Å². The van der Waals surface area contributed by atoms with Crippen LogP contribution in [0.25, 0.3) is 0 Å². The van der Waals surface area contributed by atoms with Crippen molar-refractivity contribution >= 4 is 54.6 Å². The highest BCUT2D eigenvalue weighted by atomic mass is 127. The van der Waals surface area contributed by atoms with Gasteiger partial charge in [0.1, 0.15) is 27.4 Å². The molecule has 35 heavy (non-hydrogen) atoms. The molecular weight excluding hydrogens is 620 g/mol. The van der Waals surface area contributed by atoms with Crippen molar-refractivity contribution in [3.05, 3.63) is 81.7 Å². The van der Waals surface area contributed by atoms with Gasteiger partial charge in [-0.2, -0.15) is 12.8 Å². The monoisotopic (exact) mass is 633 g/mol. The SMILES string of the molecule is O=C(COc1ccc(S(=O)(=O)[O-])c(I)c1)Oc1ccc(/C([O-])=N/S(=O)(=O)c2cccc(F)c2)cc1. The van der Waals surface area contributed by atoms with Gasteiger partial charge < -0.3 is 19.1 Å². The van der Waals surface area contributed by atoms with Gasteiger partial charge in [-0.3, -0.25) is 0 Å². The molecule has 14 heteroatoms. The minimum absolute atomic E-state index is 0.0190. The van der Waals surface area contributed by atoms with Crippen LogP contribution in [0.4, 0.5) is 4.39 Å². The summed E-state index contributed by atoms with van der Waals surface area (Å²) in [6.45, 7) is -0.554. The van der Waals surface area contributed by atoms with Crippen LogP contribution >= 0.6 is 22.6 Å². The second-order valence-electron chi connectivity index (χ2n) is 6.66. The summed E-state index contributed by atoms with van der Waals surface area (Å²) in [6.07, 6.45) is 0. The van der Waals surface area contributed by atoms with Crippen LogP contribution in [0.15, 0.2) is 80.9 Å². The molecule has 3 aromatic carbocycles. The molecule has 0 unspecified atom stereocenters. The van der Waals surface area contributed by atoms with E-state index in [-0.39, 0.29) is 20.6 Å². The molecular formula is C21H13FINO9S2-2. The van der Waals surface area contributed by atoms with Crippen LogP contribution in [0, 0.1) is 9.39 Å². The number of carbonyl (C=O) groups excluding carboxylic acids is 1. The maximum absolute atomic E-state index is 13.3. The van der Waals surface area contributed by atoms with Crippen LogP contribution in [0.5, 0.6) is 11.5 Å². The summed E-state index contributed by atoms with van der Waals surface area (Å²) in [5, 5.41) is 12.2. The lowest BCUT2D eigenvalue weighted by Gasteiger charge is -2.12. The predicted octanol–water partition coefficient (Wildman–Crippen LogP) is 1.81. The van der Waals surface area contributed by atoms with E-state index in [4.69, 9.17) is 9.47 Å². The highest BCUT2D eigenvalue weighted by Crippen LogP contribution is 2.23. The molecule has 0 N–H and O–H groups in total. The molecule has 0 aliphatic carbocycles. The molecule has 3 aromatic rings. The highest BCUT2D eigenvalue weighted by Gasteiger charge is 2.14. The minimum Gasteiger partial charge on any atom is -0.858 e. The summed E-state index contributed by atoms with van der Waals surface area (Å²) in [4.78, 5) is 11.1. The van der Waals surface area contributed by atoms with E-state index in [9.17, 15) is 35.7 Å². The topological polar surface area (TPSA) is 162 Å². The Bertz CT molecular complexity index is 1510. The molecule has 0 fully saturated rings. The van der Waals surface area contributed by atoms with Crippen molar-refractivity contribution in [2.24, 2.45) is 4.40 Å². The minimum atomic E-state index is -4.64. The Morgan fingerprint density at radius 3 is 2.23 bits per heavy atom. The van der Waals surface area contributed by atoms with E-state index in [2.05, 4.69) is 4.40 Å². The fraction of sp³-hybridized carbons (Fsp3) is 0.0476. The van der Waals surface area contributed by atoms with Gasteiger partial charge >= 0.3 is 5.97 Å². The number of ether oxygens (including phenoxy) is 2. The molecule has 0 saturated carbocycles. The van der Waals surface area contributed by atoms with Crippen LogP contribution in [0.3, 0.4) is 0 Å². The van der Waals surface area contributed by atoms with Gasteiger partial charge in [0.2, 0.25) is 0 Å². The summed E-state index contributed by atoms with van der Waals surface area (Å²) in [5.41, 5.74) is -0.121. The van der Waals surface area contributed by atoms with Gasteiger partial charge in [0.25, 0.3) is 10.0 Å². The first-order chi connectivity index (χ1) is 16.3. The number of sulfonamides is 1. The van der Waals surface area contributed by atoms with E-state index in [0.29, 0.717) is 0 Å². The molecule has 0 bridgehead atoms. The summed E-state index contributed by atoms with van der Waals surface area (Å²) >= 11 is 1.64. The lowest BCUT2D eigenvalue weighted by atomic mass is 10.2. The quantitative estimate of drug-likeness (QED) is 0.0900. The van der Waals surface area contributed by atoms with Crippen molar-refractivity contribution in [3.63, 3.8) is 0 Å². The Hall–Kier alpha value is -3.08. The van der Waals surface area contributed by atoms with Gasteiger partial charge in [-0.15, -0.1) is 0 Å². The number of hydrogen-bond acceptors (Lipinski definition) is 9. The summed E-state index contributed by atoms with van der Waals surface area (Å²) < 4.78 is 84.4. The average Bonchev–Trinajstić information content (AvgIpc) is 2.77. The first-order valence-electron chi connectivity index (χ1n) is 9.32. The first kappa shape index (κ1) is 26.5. The number of rotatable bonds is 8. The van der Waals surface area contributed by atoms with Gasteiger partial charge in [-0.1, -0.05) is 18.2 Å². The number of benzene rings is 3. The highest BCUT2D eigenvalue weighted by molar-refractivity contribution is 14.1. The van der Waals surface area contributed by atoms with E-state index >= 15 is 0 Å². The van der Waals surface area contributed by atoms with Crippen molar-refractivity contribution in [1.29, 1.82) is 0 Å². The van der Waals surface area contributed by atoms with Crippen molar-refractivity contribution in [2.45, 2.75) is 9.79 Å². The standard InChI is InChI=1S/C21H15FINO9S2/c22-14-2-1-3-17(10-14)34(27,28)24-21(26)13-4-6-15(7-5-13)33-20(25)12-32-16-8-9-19(18(23)11-16)35(29,30)31/h1-11H,12H2,(H,24,26)(H,29,30,31)/p-2. The van der Waals surface area contributed by atoms with Crippen LogP contribution < -0.4 is 14.6 Å². The van der Waals surface area contributed by atoms with Crippen molar-refractivity contribution in [1.82, 2.24) is 0 Å². The third-order valence-electron chi connectivity index (χ3n) is 4.16. The van der Waals surface area contributed by atoms with Crippen molar-refractivity contribution in [3.8, 4) is 11.5 Å². The summed E-state index contributed by atoms with van der Waals surface area (Å²) in [5.74, 6) is -2.59. The Morgan fingerprint density at radius 2 is 1.63 bits per heavy atom. The van der Waals surface area contributed by atoms with Gasteiger partial charge in [0.05, 0.1) is 9.79 Å². The lowest BCUT2D eigenvalue weighted by molar-refractivity contribution is -0.212. The number of esters is 1. The van der Waals surface area contributed by atoms with Gasteiger partial charge in [-0.25, -0.2) is 17.6 Å². The third-order valence-corrected chi connectivity index (χ3v) is 7.57. The second kappa shape index (κ2) is 10.7. The van der Waals surface area contributed by atoms with Crippen molar-refractivity contribution < 1.29 is 45.2 Å². The summed E-state index contributed by atoms with van der Waals surface area (Å²) in [7, 11) is -9.07. The van der Waals surface area contributed by atoms with Crippen LogP contribution in [-0.4, -0.2) is 39.9 Å². The van der Waals surface area contributed by atoms with E-state index in [1.54, 1.807) is 22.6 Å². The van der Waals surface area contributed by atoms with E-state index in [0.717, 1.165) is 24.3 Å². The molecule has 0 heterocycles. The lowest BCUT2D eigenvalue weighted by Crippen LogP contribution is -2.21. The molecule has 0 atom stereocenters. The predicted molar refractivity (Wildman–Crippen MR) is 125 cm³/mol. The molecule has 0 spiro atoms. The van der Waals surface area contributed by atoms with Gasteiger partial charge in [-0.05, 0) is 76.7 Å². The molecule has 184 valence electrons. The molecule has 0 radical (unpaired) electrons. The Labute approximate surface area is 213 Å². The van der Waals surface area contributed by atoms with E-state index in [1.165, 1.54) is 42.5 Å². The Balaban J connectivity index is 1.62. The fourth-order valence-electron chi connectivity index (χ4n) is 2.58. The zero-order valence-corrected chi connectivity index (χ0v) is 21.0. The maximum Gasteiger partial charge on any atom is 0.349 e. The van der Waals surface area contributed by atoms with Crippen molar-refractivity contribution in [2.75, 3.05) is 6.61 Å². The zero-order chi connectivity index (χ0) is 25.8. The molecule has 0 aliphatic rings. The largest absolute Gasteiger partial charge is 0.858 e. The summed E-state index contributed by atoms with van der Waals surface area (Å²) in [6, 6.07) is 12.4. The molecule has 0 aromatic heterocycles. The smallest absolute Gasteiger partial charge is 0.349 e. The molecule has 0 aliphatic heterocycles. The third kappa shape index (κ3) is 7.20. The number of carbonyl (C=O) groups is 1. The Kier molecular flexibility index (Phi) is 8.09. The van der Waals surface area contributed by atoms with E-state index < -0.39 is 54.2 Å². The zero-order valence-electron chi connectivity index (χ0n) is 17.3. The second-order valence-corrected chi connectivity index (χ2v) is 10.8. The molecule has 10 nitrogen and oxygen atoms in total. The van der Waals surface area contributed by atoms with Gasteiger partial charge in [0, 0.05) is 9.47 Å². The normalized spacial score (nSPS) is 12.3. The molecule has 0 saturated heterocycles. The maximum atomic E-state index is 13.3. The average molecular weight is 633 g/mol. The van der Waals surface area contributed by atoms with Crippen LogP contribution in [0.1, 0.15) is 5.56 Å². The Morgan fingerprint density at radius 1 is 0.971 bits per heavy atom. The molecule has 0 amide bonds. The van der Waals surface area contributed by atoms with Crippen LogP contribution in [-0.2, 0) is 24.9 Å². The number of hydrogen-bond donors (Lipinski definition) is 0. The number of nitrogens with zero attached hydrogens (tertiary/aromatic N) is 1. The first-order valence-corrected chi connectivity index (χ1v) is 13.2. The fourth-order valence-corrected chi connectivity index (χ4v) is 5.35.